The smallest absolute Gasteiger partial charge is 0.410 e. The number of amides is 1. The molecule has 1 aromatic carbocycles. The maximum absolute atomic E-state index is 12.8. The summed E-state index contributed by atoms with van der Waals surface area (Å²) in [5, 5.41) is 14.3. The Labute approximate surface area is 208 Å². The molecule has 0 aliphatic carbocycles. The first-order chi connectivity index (χ1) is 16.4. The van der Waals surface area contributed by atoms with Crippen molar-refractivity contribution in [1.29, 1.82) is 0 Å². The number of piperazine rings is 1. The highest BCUT2D eigenvalue weighted by atomic mass is 32.1. The molecule has 3 aromatic rings. The Balaban J connectivity index is 1.62. The van der Waals surface area contributed by atoms with E-state index >= 15 is 0 Å². The van der Waals surface area contributed by atoms with Crippen molar-refractivity contribution in [3.8, 4) is 5.19 Å². The number of carboxylic acid groups (broad SMARTS) is 1. The number of carbonyl (C=O) groups is 2. The first kappa shape index (κ1) is 24.8. The molecule has 10 nitrogen and oxygen atoms in total. The molecular weight excluding hydrogens is 470 g/mol. The lowest BCUT2D eigenvalue weighted by atomic mass is 10.1. The maximum Gasteiger partial charge on any atom is 0.410 e. The van der Waals surface area contributed by atoms with E-state index in [1.807, 2.05) is 47.7 Å². The van der Waals surface area contributed by atoms with Crippen molar-refractivity contribution in [2.45, 2.75) is 58.9 Å². The molecule has 3 heterocycles. The fourth-order valence-corrected chi connectivity index (χ4v) is 5.27. The molecule has 1 aliphatic heterocycles. The molecule has 4 rings (SSSR count). The summed E-state index contributed by atoms with van der Waals surface area (Å²) in [6.45, 7) is 10.9. The van der Waals surface area contributed by atoms with Crippen molar-refractivity contribution in [1.82, 2.24) is 19.7 Å². The van der Waals surface area contributed by atoms with Gasteiger partial charge in [-0.25, -0.2) is 14.6 Å². The number of carbonyl (C=O) groups excluding carboxylic acids is 1. The maximum atomic E-state index is 12.8. The number of nitrogens with zero attached hydrogens (tertiary/aromatic N) is 5. The van der Waals surface area contributed by atoms with E-state index < -0.39 is 11.6 Å². The first-order valence-corrected chi connectivity index (χ1v) is 12.3. The van der Waals surface area contributed by atoms with E-state index in [9.17, 15) is 14.7 Å². The predicted octanol–water partition coefficient (Wildman–Crippen LogP) is 4.14. The number of aromatic carboxylic acids is 1. The molecule has 11 heteroatoms. The number of anilines is 1. The lowest BCUT2D eigenvalue weighted by Gasteiger charge is -2.45. The average molecular weight is 502 g/mol. The summed E-state index contributed by atoms with van der Waals surface area (Å²) in [7, 11) is 1.83. The minimum absolute atomic E-state index is 0.109. The van der Waals surface area contributed by atoms with Crippen LogP contribution in [0.5, 0.6) is 5.19 Å². The van der Waals surface area contributed by atoms with Gasteiger partial charge in [-0.2, -0.15) is 5.10 Å². The summed E-state index contributed by atoms with van der Waals surface area (Å²) in [6.07, 6.45) is 1.36. The molecule has 2 atom stereocenters. The number of fused-ring (bicyclic) bond motifs is 1. The van der Waals surface area contributed by atoms with Crippen LogP contribution in [0.25, 0.3) is 10.2 Å². The Hall–Kier alpha value is -3.34. The van der Waals surface area contributed by atoms with E-state index in [4.69, 9.17) is 9.47 Å². The van der Waals surface area contributed by atoms with E-state index in [1.165, 1.54) is 11.3 Å². The Morgan fingerprint density at radius 1 is 1.17 bits per heavy atom. The van der Waals surface area contributed by atoms with Crippen LogP contribution in [-0.4, -0.2) is 67.6 Å². The monoisotopic (exact) mass is 501 g/mol. The molecule has 1 saturated heterocycles. The van der Waals surface area contributed by atoms with E-state index in [2.05, 4.69) is 15.0 Å². The zero-order valence-corrected chi connectivity index (χ0v) is 21.6. The number of aromatic nitrogens is 3. The summed E-state index contributed by atoms with van der Waals surface area (Å²) in [5.74, 6) is -1.01. The first-order valence-electron chi connectivity index (χ1n) is 11.5. The van der Waals surface area contributed by atoms with Crippen molar-refractivity contribution in [3.63, 3.8) is 0 Å². The van der Waals surface area contributed by atoms with Gasteiger partial charge in [0.1, 0.15) is 17.7 Å². The summed E-state index contributed by atoms with van der Waals surface area (Å²) < 4.78 is 13.8. The number of carboxylic acids is 1. The van der Waals surface area contributed by atoms with Gasteiger partial charge < -0.3 is 19.5 Å². The van der Waals surface area contributed by atoms with Gasteiger partial charge in [-0.15, -0.1) is 0 Å². The van der Waals surface area contributed by atoms with Crippen LogP contribution in [0.1, 0.15) is 50.7 Å². The molecule has 0 unspecified atom stereocenters. The summed E-state index contributed by atoms with van der Waals surface area (Å²) in [5.41, 5.74) is 1.90. The van der Waals surface area contributed by atoms with Gasteiger partial charge in [-0.3, -0.25) is 9.58 Å². The van der Waals surface area contributed by atoms with Crippen molar-refractivity contribution in [3.05, 3.63) is 35.7 Å². The van der Waals surface area contributed by atoms with Gasteiger partial charge in [0.25, 0.3) is 5.19 Å². The molecule has 0 spiro atoms. The third kappa shape index (κ3) is 5.19. The average Bonchev–Trinajstić information content (AvgIpc) is 3.35. The second-order valence-corrected chi connectivity index (χ2v) is 10.8. The molecule has 1 fully saturated rings. The van der Waals surface area contributed by atoms with Gasteiger partial charge >= 0.3 is 12.1 Å². The van der Waals surface area contributed by atoms with Crippen molar-refractivity contribution < 1.29 is 24.2 Å². The number of hydrogen-bond acceptors (Lipinski definition) is 8. The van der Waals surface area contributed by atoms with Crippen molar-refractivity contribution in [2.24, 2.45) is 7.05 Å². The van der Waals surface area contributed by atoms with Crippen LogP contribution in [0.3, 0.4) is 0 Å². The molecule has 188 valence electrons. The minimum atomic E-state index is -1.01. The number of thiazole rings is 1. The quantitative estimate of drug-likeness (QED) is 0.555. The Morgan fingerprint density at radius 3 is 2.43 bits per heavy atom. The molecular formula is C24H31N5O5S. The number of ether oxygens (including phenoxy) is 2. The van der Waals surface area contributed by atoms with Crippen LogP contribution in [0, 0.1) is 0 Å². The number of aryl methyl sites for hydroxylation is 1. The van der Waals surface area contributed by atoms with Crippen LogP contribution in [-0.2, 0) is 18.4 Å². The van der Waals surface area contributed by atoms with Gasteiger partial charge in [0.05, 0.1) is 33.7 Å². The lowest BCUT2D eigenvalue weighted by Crippen LogP contribution is -2.59. The predicted molar refractivity (Wildman–Crippen MR) is 133 cm³/mol. The molecule has 1 aliphatic rings. The molecule has 0 saturated carbocycles. The van der Waals surface area contributed by atoms with E-state index in [0.29, 0.717) is 28.5 Å². The molecule has 0 radical (unpaired) electrons. The van der Waals surface area contributed by atoms with Gasteiger partial charge in [0, 0.05) is 26.3 Å². The number of hydrogen-bond donors (Lipinski definition) is 1. The lowest BCUT2D eigenvalue weighted by molar-refractivity contribution is 0.00566. The van der Waals surface area contributed by atoms with Crippen LogP contribution in [0.4, 0.5) is 10.5 Å². The van der Waals surface area contributed by atoms with Gasteiger partial charge in [-0.1, -0.05) is 11.3 Å². The van der Waals surface area contributed by atoms with Crippen molar-refractivity contribution >= 4 is 39.3 Å². The topological polar surface area (TPSA) is 110 Å². The summed E-state index contributed by atoms with van der Waals surface area (Å²) >= 11 is 1.22. The Bertz CT molecular complexity index is 1230. The summed E-state index contributed by atoms with van der Waals surface area (Å²) in [4.78, 5) is 33.3. The molecule has 0 bridgehead atoms. The van der Waals surface area contributed by atoms with Crippen molar-refractivity contribution in [2.75, 3.05) is 18.0 Å². The van der Waals surface area contributed by atoms with Crippen LogP contribution in [0.15, 0.2) is 24.4 Å². The van der Waals surface area contributed by atoms with Crippen LogP contribution >= 0.6 is 11.3 Å². The summed E-state index contributed by atoms with van der Waals surface area (Å²) in [6, 6.07) is 5.04. The van der Waals surface area contributed by atoms with Gasteiger partial charge in [-0.05, 0) is 52.8 Å². The molecule has 2 aromatic heterocycles. The fourth-order valence-electron chi connectivity index (χ4n) is 4.33. The fraction of sp³-hybridized carbons (Fsp3) is 0.500. The third-order valence-corrected chi connectivity index (χ3v) is 6.86. The third-order valence-electron chi connectivity index (χ3n) is 5.86. The zero-order chi connectivity index (χ0) is 25.5. The zero-order valence-electron chi connectivity index (χ0n) is 20.8. The minimum Gasteiger partial charge on any atom is -0.478 e. The Kier molecular flexibility index (Phi) is 6.63. The van der Waals surface area contributed by atoms with Crippen LogP contribution in [0.2, 0.25) is 0 Å². The highest BCUT2D eigenvalue weighted by molar-refractivity contribution is 7.20. The SMILES string of the molecule is C[C@H]1CN(c2ccc(C(=O)O)c3sc(OCc4ccnn4C)nc23)C[C@H](C)N1C(=O)OC(C)(C)C. The number of benzene rings is 1. The largest absolute Gasteiger partial charge is 0.478 e. The van der Waals surface area contributed by atoms with Crippen LogP contribution < -0.4 is 9.64 Å². The second-order valence-electron chi connectivity index (χ2n) is 9.82. The van der Waals surface area contributed by atoms with Gasteiger partial charge in [0.2, 0.25) is 0 Å². The van der Waals surface area contributed by atoms with E-state index in [1.54, 1.807) is 27.9 Å². The highest BCUT2D eigenvalue weighted by Crippen LogP contribution is 2.38. The van der Waals surface area contributed by atoms with Gasteiger partial charge in [0.15, 0.2) is 0 Å². The normalized spacial score (nSPS) is 18.7. The Morgan fingerprint density at radius 2 is 1.86 bits per heavy atom. The standard InChI is InChI=1S/C24H31N5O5S/c1-14-11-28(12-15(2)29(14)23(32)34-24(3,4)5)18-8-7-17(21(30)31)20-19(18)26-22(35-20)33-13-16-9-10-25-27(16)6/h7-10,14-15H,11-13H2,1-6H3,(H,30,31)/t14-,15-/m0/s1. The van der Waals surface area contributed by atoms with E-state index in [0.717, 1.165) is 11.4 Å². The molecule has 1 amide bonds. The van der Waals surface area contributed by atoms with E-state index in [-0.39, 0.29) is 30.3 Å². The molecule has 1 N–H and O–H groups in total. The molecule has 35 heavy (non-hydrogen) atoms. The second kappa shape index (κ2) is 9.37. The highest BCUT2D eigenvalue weighted by Gasteiger charge is 2.36. The number of rotatable bonds is 5.